The summed E-state index contributed by atoms with van der Waals surface area (Å²) in [7, 11) is 0. The fourth-order valence-electron chi connectivity index (χ4n) is 1.55. The summed E-state index contributed by atoms with van der Waals surface area (Å²) < 4.78 is 11.3. The van der Waals surface area contributed by atoms with Gasteiger partial charge < -0.3 is 9.47 Å². The minimum absolute atomic E-state index is 0.222. The topological polar surface area (TPSA) is 83.7 Å². The predicted molar refractivity (Wildman–Crippen MR) is 84.0 cm³/mol. The summed E-state index contributed by atoms with van der Waals surface area (Å²) in [5.41, 5.74) is 3.02. The van der Waals surface area contributed by atoms with Gasteiger partial charge in [0.2, 0.25) is 0 Å². The van der Waals surface area contributed by atoms with Gasteiger partial charge in [0, 0.05) is 11.6 Å². The van der Waals surface area contributed by atoms with Gasteiger partial charge in [0.05, 0.1) is 25.5 Å². The van der Waals surface area contributed by atoms with Crippen molar-refractivity contribution in [1.29, 1.82) is 5.26 Å². The highest BCUT2D eigenvalue weighted by molar-refractivity contribution is 5.85. The second-order valence-electron chi connectivity index (χ2n) is 4.52. The molecule has 0 aliphatic rings. The number of nitriles is 1. The molecule has 0 saturated carbocycles. The van der Waals surface area contributed by atoms with Gasteiger partial charge in [-0.3, -0.25) is 4.79 Å². The number of carbonyl (C=O) groups is 1. The summed E-state index contributed by atoms with van der Waals surface area (Å²) in [6, 6.07) is 7.21. The Morgan fingerprint density at radius 3 is 2.73 bits per heavy atom. The summed E-state index contributed by atoms with van der Waals surface area (Å²) in [5.74, 6) is 0.935. The van der Waals surface area contributed by atoms with Crippen molar-refractivity contribution in [3.8, 4) is 17.6 Å². The predicted octanol–water partition coefficient (Wildman–Crippen LogP) is 2.63. The van der Waals surface area contributed by atoms with Crippen LogP contribution in [0.2, 0.25) is 0 Å². The van der Waals surface area contributed by atoms with Crippen molar-refractivity contribution < 1.29 is 14.3 Å². The molecular weight excluding hydrogens is 282 g/mol. The van der Waals surface area contributed by atoms with Crippen LogP contribution in [0.1, 0.15) is 38.7 Å². The minimum atomic E-state index is -0.447. The molecule has 0 spiro atoms. The number of carbonyl (C=O) groups excluding carboxylic acids is 1. The molecule has 1 amide bonds. The Kier molecular flexibility index (Phi) is 8.13. The number of amides is 1. The molecule has 0 aliphatic heterocycles. The monoisotopic (exact) mass is 303 g/mol. The summed E-state index contributed by atoms with van der Waals surface area (Å²) in [4.78, 5) is 11.2. The molecule has 1 aromatic rings. The molecule has 0 atom stereocenters. The van der Waals surface area contributed by atoms with Crippen molar-refractivity contribution in [3.05, 3.63) is 23.8 Å². The van der Waals surface area contributed by atoms with Gasteiger partial charge in [-0.15, -0.1) is 0 Å². The third kappa shape index (κ3) is 6.27. The fourth-order valence-corrected chi connectivity index (χ4v) is 1.55. The second kappa shape index (κ2) is 10.2. The van der Waals surface area contributed by atoms with Crippen LogP contribution in [0.25, 0.3) is 0 Å². The molecule has 0 aromatic heterocycles. The lowest BCUT2D eigenvalue weighted by Crippen LogP contribution is -2.16. The highest BCUT2D eigenvalue weighted by Gasteiger charge is 2.05. The number of nitrogens with one attached hydrogen (secondary N) is 1. The number of nitrogens with zero attached hydrogens (tertiary/aromatic N) is 2. The lowest BCUT2D eigenvalue weighted by Gasteiger charge is -2.11. The number of rotatable bonds is 9. The molecule has 0 saturated heterocycles. The zero-order chi connectivity index (χ0) is 16.2. The molecule has 0 fully saturated rings. The number of benzene rings is 1. The molecule has 1 aromatic carbocycles. The highest BCUT2D eigenvalue weighted by atomic mass is 16.5. The van der Waals surface area contributed by atoms with Gasteiger partial charge in [-0.2, -0.15) is 10.4 Å². The molecule has 1 N–H and O–H groups in total. The van der Waals surface area contributed by atoms with Crippen LogP contribution in [-0.4, -0.2) is 25.3 Å². The minimum Gasteiger partial charge on any atom is -0.493 e. The van der Waals surface area contributed by atoms with Crippen LogP contribution >= 0.6 is 0 Å². The normalized spacial score (nSPS) is 10.2. The van der Waals surface area contributed by atoms with E-state index in [1.54, 1.807) is 6.07 Å². The van der Waals surface area contributed by atoms with Gasteiger partial charge in [-0.05, 0) is 25.0 Å². The summed E-state index contributed by atoms with van der Waals surface area (Å²) in [6.07, 6.45) is 3.08. The Morgan fingerprint density at radius 1 is 1.32 bits per heavy atom. The fraction of sp³-hybridized carbons (Fsp3) is 0.438. The molecule has 6 nitrogen and oxygen atoms in total. The number of hydrogen-bond donors (Lipinski definition) is 1. The molecule has 1 rings (SSSR count). The molecule has 0 heterocycles. The van der Waals surface area contributed by atoms with Crippen LogP contribution in [0.4, 0.5) is 0 Å². The van der Waals surface area contributed by atoms with Crippen molar-refractivity contribution in [3.63, 3.8) is 0 Å². The van der Waals surface area contributed by atoms with Crippen LogP contribution in [0, 0.1) is 11.3 Å². The van der Waals surface area contributed by atoms with Gasteiger partial charge in [0.1, 0.15) is 17.9 Å². The van der Waals surface area contributed by atoms with E-state index in [9.17, 15) is 4.79 Å². The third-order valence-electron chi connectivity index (χ3n) is 2.55. The van der Waals surface area contributed by atoms with Crippen LogP contribution in [0.3, 0.4) is 0 Å². The van der Waals surface area contributed by atoms with Crippen LogP contribution in [0.5, 0.6) is 11.5 Å². The first kappa shape index (κ1) is 17.5. The summed E-state index contributed by atoms with van der Waals surface area (Å²) in [6.45, 7) is 5.29. The third-order valence-corrected chi connectivity index (χ3v) is 2.55. The van der Waals surface area contributed by atoms with E-state index < -0.39 is 5.91 Å². The maximum atomic E-state index is 11.2. The molecular formula is C16H21N3O3. The van der Waals surface area contributed by atoms with Crippen LogP contribution < -0.4 is 14.9 Å². The standard InChI is InChI=1S/C16H21N3O3/c1-3-9-21-14-6-5-13(15(11-14)22-10-4-2)12-18-19-16(20)7-8-17/h5-6,11-12H,3-4,7,9-10H2,1-2H3,(H,19,20)/b18-12-. The smallest absolute Gasteiger partial charge is 0.254 e. The van der Waals surface area contributed by atoms with Gasteiger partial charge >= 0.3 is 0 Å². The van der Waals surface area contributed by atoms with Crippen molar-refractivity contribution in [1.82, 2.24) is 5.43 Å². The first-order chi connectivity index (χ1) is 10.7. The van der Waals surface area contributed by atoms with Crippen molar-refractivity contribution >= 4 is 12.1 Å². The maximum Gasteiger partial charge on any atom is 0.254 e. The van der Waals surface area contributed by atoms with Crippen molar-refractivity contribution in [2.24, 2.45) is 5.10 Å². The summed E-state index contributed by atoms with van der Waals surface area (Å²) in [5, 5.41) is 12.2. The summed E-state index contributed by atoms with van der Waals surface area (Å²) >= 11 is 0. The quantitative estimate of drug-likeness (QED) is 0.561. The SMILES string of the molecule is CCCOc1ccc(/C=N\NC(=O)CC#N)c(OCCC)c1. The Hall–Kier alpha value is -2.55. The first-order valence-electron chi connectivity index (χ1n) is 7.29. The molecule has 118 valence electrons. The zero-order valence-electron chi connectivity index (χ0n) is 13.0. The van der Waals surface area contributed by atoms with E-state index >= 15 is 0 Å². The first-order valence-corrected chi connectivity index (χ1v) is 7.29. The Balaban J connectivity index is 2.80. The van der Waals surface area contributed by atoms with Crippen LogP contribution in [-0.2, 0) is 4.79 Å². The van der Waals surface area contributed by atoms with E-state index in [4.69, 9.17) is 14.7 Å². The molecule has 22 heavy (non-hydrogen) atoms. The molecule has 0 bridgehead atoms. The zero-order valence-corrected chi connectivity index (χ0v) is 13.0. The van der Waals surface area contributed by atoms with E-state index in [0.29, 0.717) is 19.0 Å². The Morgan fingerprint density at radius 2 is 2.05 bits per heavy atom. The average Bonchev–Trinajstić information content (AvgIpc) is 2.52. The number of hydrazone groups is 1. The maximum absolute atomic E-state index is 11.2. The van der Waals surface area contributed by atoms with Crippen molar-refractivity contribution in [2.45, 2.75) is 33.1 Å². The average molecular weight is 303 g/mol. The second-order valence-corrected chi connectivity index (χ2v) is 4.52. The van der Waals surface area contributed by atoms with Gasteiger partial charge in [0.25, 0.3) is 5.91 Å². The highest BCUT2D eigenvalue weighted by Crippen LogP contribution is 2.24. The number of ether oxygens (including phenoxy) is 2. The Bertz CT molecular complexity index is 550. The van der Waals surface area contributed by atoms with Gasteiger partial charge in [-0.1, -0.05) is 13.8 Å². The lowest BCUT2D eigenvalue weighted by molar-refractivity contribution is -0.120. The van der Waals surface area contributed by atoms with Gasteiger partial charge in [0.15, 0.2) is 0 Å². The molecule has 0 aliphatic carbocycles. The molecule has 0 radical (unpaired) electrons. The largest absolute Gasteiger partial charge is 0.493 e. The van der Waals surface area contributed by atoms with E-state index in [1.807, 2.05) is 32.0 Å². The van der Waals surface area contributed by atoms with Crippen molar-refractivity contribution in [2.75, 3.05) is 13.2 Å². The lowest BCUT2D eigenvalue weighted by atomic mass is 10.2. The Labute approximate surface area is 130 Å². The van der Waals surface area contributed by atoms with Gasteiger partial charge in [-0.25, -0.2) is 5.43 Å². The van der Waals surface area contributed by atoms with E-state index in [2.05, 4.69) is 10.5 Å². The van der Waals surface area contributed by atoms with E-state index in [-0.39, 0.29) is 6.42 Å². The van der Waals surface area contributed by atoms with E-state index in [0.717, 1.165) is 24.2 Å². The van der Waals surface area contributed by atoms with E-state index in [1.165, 1.54) is 6.21 Å². The molecule has 0 unspecified atom stereocenters. The van der Waals surface area contributed by atoms with Crippen LogP contribution in [0.15, 0.2) is 23.3 Å². The molecule has 6 heteroatoms. The number of hydrogen-bond acceptors (Lipinski definition) is 5.